The van der Waals surface area contributed by atoms with Crippen molar-refractivity contribution in [3.8, 4) is 5.75 Å². The van der Waals surface area contributed by atoms with Crippen molar-refractivity contribution in [3.63, 3.8) is 0 Å². The van der Waals surface area contributed by atoms with Crippen molar-refractivity contribution in [3.05, 3.63) is 23.8 Å². The van der Waals surface area contributed by atoms with Crippen LogP contribution in [0.3, 0.4) is 0 Å². The van der Waals surface area contributed by atoms with Gasteiger partial charge < -0.3 is 14.7 Å². The van der Waals surface area contributed by atoms with Gasteiger partial charge in [0.15, 0.2) is 0 Å². The predicted molar refractivity (Wildman–Crippen MR) is 89.6 cm³/mol. The molecule has 1 aromatic rings. The highest BCUT2D eigenvalue weighted by atomic mass is 32.2. The summed E-state index contributed by atoms with van der Waals surface area (Å²) in [4.78, 5) is 12.7. The zero-order valence-corrected chi connectivity index (χ0v) is 15.8. The van der Waals surface area contributed by atoms with Crippen molar-refractivity contribution in [1.29, 1.82) is 0 Å². The zero-order chi connectivity index (χ0) is 20.6. The Morgan fingerprint density at radius 2 is 1.93 bits per heavy atom. The minimum Gasteiger partial charge on any atom is -0.507 e. The van der Waals surface area contributed by atoms with Crippen molar-refractivity contribution >= 4 is 16.1 Å². The molecule has 152 valence electrons. The molecule has 1 unspecified atom stereocenters. The lowest BCUT2D eigenvalue weighted by molar-refractivity contribution is -0.138. The van der Waals surface area contributed by atoms with E-state index in [4.69, 9.17) is 4.74 Å². The summed E-state index contributed by atoms with van der Waals surface area (Å²) < 4.78 is 70.9. The summed E-state index contributed by atoms with van der Waals surface area (Å²) in [7, 11) is -4.27. The van der Waals surface area contributed by atoms with Crippen LogP contribution in [0.2, 0.25) is 0 Å². The lowest BCUT2D eigenvalue weighted by Gasteiger charge is -2.24. The summed E-state index contributed by atoms with van der Waals surface area (Å²) in [5.41, 5.74) is -2.14. The van der Waals surface area contributed by atoms with E-state index in [0.717, 1.165) is 6.07 Å². The molecule has 1 saturated heterocycles. The number of rotatable bonds is 3. The number of aromatic hydroxyl groups is 1. The number of nitrogens with one attached hydrogen (secondary N) is 1. The molecule has 1 aliphatic rings. The first-order chi connectivity index (χ1) is 12.2. The van der Waals surface area contributed by atoms with Crippen LogP contribution in [0, 0.1) is 0 Å². The van der Waals surface area contributed by atoms with E-state index in [-0.39, 0.29) is 13.1 Å². The quantitative estimate of drug-likeness (QED) is 0.799. The highest BCUT2D eigenvalue weighted by molar-refractivity contribution is 7.89. The lowest BCUT2D eigenvalue weighted by atomic mass is 10.2. The van der Waals surface area contributed by atoms with E-state index in [1.807, 2.05) is 0 Å². The predicted octanol–water partition coefficient (Wildman–Crippen LogP) is 2.70. The number of phenolic OH excluding ortho intramolecular Hbond substituents is 1. The molecule has 2 rings (SSSR count). The summed E-state index contributed by atoms with van der Waals surface area (Å²) in [6.45, 7) is 5.39. The normalized spacial score (nSPS) is 18.6. The minimum atomic E-state index is -4.89. The summed E-state index contributed by atoms with van der Waals surface area (Å²) in [5.74, 6) is -1.06. The number of benzene rings is 1. The number of halogens is 3. The van der Waals surface area contributed by atoms with Gasteiger partial charge in [0, 0.05) is 19.1 Å². The second kappa shape index (κ2) is 7.19. The van der Waals surface area contributed by atoms with E-state index in [9.17, 15) is 31.5 Å². The second-order valence-corrected chi connectivity index (χ2v) is 8.92. The fourth-order valence-electron chi connectivity index (χ4n) is 2.55. The Hall–Kier alpha value is -2.01. The van der Waals surface area contributed by atoms with Crippen LogP contribution in [0.15, 0.2) is 23.1 Å². The molecule has 1 atom stereocenters. The minimum absolute atomic E-state index is 0.0400. The topological polar surface area (TPSA) is 95.9 Å². The molecule has 1 amide bonds. The van der Waals surface area contributed by atoms with Crippen LogP contribution in [0.4, 0.5) is 18.0 Å². The van der Waals surface area contributed by atoms with Crippen molar-refractivity contribution in [1.82, 2.24) is 9.62 Å². The first-order valence-corrected chi connectivity index (χ1v) is 9.58. The molecule has 27 heavy (non-hydrogen) atoms. The Morgan fingerprint density at radius 1 is 1.30 bits per heavy atom. The Balaban J connectivity index is 2.11. The average Bonchev–Trinajstić information content (AvgIpc) is 2.92. The summed E-state index contributed by atoms with van der Waals surface area (Å²) in [6, 6.07) is 1.27. The third-order valence-electron chi connectivity index (χ3n) is 3.75. The fourth-order valence-corrected chi connectivity index (χ4v) is 3.83. The summed E-state index contributed by atoms with van der Waals surface area (Å²) >= 11 is 0. The number of carbonyl (C=O) groups excluding carboxylic acids is 1. The van der Waals surface area contributed by atoms with Crippen molar-refractivity contribution < 1.29 is 36.2 Å². The molecule has 1 aliphatic heterocycles. The standard InChI is InChI=1S/C16H21F3N2O5S/c1-15(2,3)26-14(23)21-7-6-10(9-21)20-27(24,25)11-4-5-13(22)12(8-11)16(17,18)19/h4-5,8,10,20,22H,6-7,9H2,1-3H3. The number of sulfonamides is 1. The van der Waals surface area contributed by atoms with Crippen LogP contribution < -0.4 is 4.72 Å². The van der Waals surface area contributed by atoms with Crippen LogP contribution in [-0.2, 0) is 20.9 Å². The Kier molecular flexibility index (Phi) is 5.67. The number of carbonyl (C=O) groups is 1. The molecular weight excluding hydrogens is 389 g/mol. The van der Waals surface area contributed by atoms with Crippen LogP contribution in [0.25, 0.3) is 0 Å². The number of hydrogen-bond donors (Lipinski definition) is 2. The second-order valence-electron chi connectivity index (χ2n) is 7.21. The fraction of sp³-hybridized carbons (Fsp3) is 0.562. The van der Waals surface area contributed by atoms with Gasteiger partial charge in [-0.1, -0.05) is 0 Å². The largest absolute Gasteiger partial charge is 0.507 e. The molecule has 11 heteroatoms. The number of ether oxygens (including phenoxy) is 1. The first-order valence-electron chi connectivity index (χ1n) is 8.09. The third kappa shape index (κ3) is 5.48. The number of phenols is 1. The average molecular weight is 410 g/mol. The van der Waals surface area contributed by atoms with Gasteiger partial charge in [-0.2, -0.15) is 13.2 Å². The molecule has 0 saturated carbocycles. The van der Waals surface area contributed by atoms with Gasteiger partial charge in [-0.15, -0.1) is 0 Å². The van der Waals surface area contributed by atoms with Crippen LogP contribution >= 0.6 is 0 Å². The monoisotopic (exact) mass is 410 g/mol. The Labute approximate surface area is 155 Å². The highest BCUT2D eigenvalue weighted by Crippen LogP contribution is 2.36. The van der Waals surface area contributed by atoms with Crippen molar-refractivity contribution in [2.75, 3.05) is 13.1 Å². The molecule has 0 aromatic heterocycles. The number of alkyl halides is 3. The molecule has 1 fully saturated rings. The van der Waals surface area contributed by atoms with Gasteiger partial charge in [-0.3, -0.25) is 0 Å². The van der Waals surface area contributed by atoms with E-state index in [0.29, 0.717) is 18.6 Å². The molecule has 0 bridgehead atoms. The van der Waals surface area contributed by atoms with Gasteiger partial charge in [0.1, 0.15) is 11.4 Å². The molecule has 7 nitrogen and oxygen atoms in total. The summed E-state index contributed by atoms with van der Waals surface area (Å²) in [6.07, 6.45) is -5.19. The van der Waals surface area contributed by atoms with Crippen molar-refractivity contribution in [2.45, 2.75) is 49.9 Å². The van der Waals surface area contributed by atoms with E-state index in [2.05, 4.69) is 4.72 Å². The lowest BCUT2D eigenvalue weighted by Crippen LogP contribution is -2.40. The number of nitrogens with zero attached hydrogens (tertiary/aromatic N) is 1. The first kappa shape index (κ1) is 21.3. The third-order valence-corrected chi connectivity index (χ3v) is 5.26. The number of amides is 1. The zero-order valence-electron chi connectivity index (χ0n) is 15.0. The number of hydrogen-bond acceptors (Lipinski definition) is 5. The molecule has 2 N–H and O–H groups in total. The van der Waals surface area contributed by atoms with E-state index in [1.54, 1.807) is 20.8 Å². The maximum absolute atomic E-state index is 12.9. The molecule has 1 aromatic carbocycles. The van der Waals surface area contributed by atoms with Gasteiger partial charge in [-0.25, -0.2) is 17.9 Å². The van der Waals surface area contributed by atoms with Gasteiger partial charge >= 0.3 is 12.3 Å². The van der Waals surface area contributed by atoms with Gasteiger partial charge in [0.2, 0.25) is 10.0 Å². The molecule has 0 radical (unpaired) electrons. The molecule has 0 aliphatic carbocycles. The SMILES string of the molecule is CC(C)(C)OC(=O)N1CCC(NS(=O)(=O)c2ccc(O)c(C(F)(F)F)c2)C1. The van der Waals surface area contributed by atoms with E-state index < -0.39 is 50.1 Å². The smallest absolute Gasteiger partial charge is 0.419 e. The Morgan fingerprint density at radius 3 is 2.48 bits per heavy atom. The summed E-state index contributed by atoms with van der Waals surface area (Å²) in [5, 5.41) is 9.32. The van der Waals surface area contributed by atoms with Gasteiger partial charge in [0.05, 0.1) is 10.5 Å². The number of likely N-dealkylation sites (tertiary alicyclic amines) is 1. The van der Waals surface area contributed by atoms with Gasteiger partial charge in [-0.05, 0) is 45.4 Å². The maximum atomic E-state index is 12.9. The van der Waals surface area contributed by atoms with E-state index in [1.165, 1.54) is 4.90 Å². The van der Waals surface area contributed by atoms with Crippen LogP contribution in [-0.4, -0.2) is 49.2 Å². The molecule has 0 spiro atoms. The highest BCUT2D eigenvalue weighted by Gasteiger charge is 2.36. The van der Waals surface area contributed by atoms with Gasteiger partial charge in [0.25, 0.3) is 0 Å². The Bertz CT molecular complexity index is 818. The van der Waals surface area contributed by atoms with Crippen LogP contribution in [0.1, 0.15) is 32.8 Å². The molecule has 1 heterocycles. The maximum Gasteiger partial charge on any atom is 0.419 e. The molecular formula is C16H21F3N2O5S. The van der Waals surface area contributed by atoms with E-state index >= 15 is 0 Å². The van der Waals surface area contributed by atoms with Crippen LogP contribution in [0.5, 0.6) is 5.75 Å². The van der Waals surface area contributed by atoms with Crippen molar-refractivity contribution in [2.24, 2.45) is 0 Å².